The number of carbonyl (C=O) groups is 3. The van der Waals surface area contributed by atoms with Crippen molar-refractivity contribution in [1.29, 1.82) is 0 Å². The van der Waals surface area contributed by atoms with Gasteiger partial charge in [-0.05, 0) is 104 Å². The molecule has 1 aliphatic carbocycles. The smallest absolute Gasteiger partial charge is 0.305 e. The lowest BCUT2D eigenvalue weighted by atomic mass is 9.87. The van der Waals surface area contributed by atoms with E-state index in [1.807, 2.05) is 48.5 Å². The topological polar surface area (TPSA) is 161 Å². The molecule has 4 aromatic rings. The number of carboxylic acid groups (broad SMARTS) is 1. The Morgan fingerprint density at radius 3 is 2.28 bits per heavy atom. The van der Waals surface area contributed by atoms with Crippen molar-refractivity contribution in [3.05, 3.63) is 107 Å². The zero-order valence-corrected chi connectivity index (χ0v) is 33.2. The van der Waals surface area contributed by atoms with Gasteiger partial charge < -0.3 is 39.6 Å². The van der Waals surface area contributed by atoms with Crippen molar-refractivity contribution in [3.63, 3.8) is 0 Å². The Balaban J connectivity index is 1.02. The Labute approximate surface area is 340 Å². The summed E-state index contributed by atoms with van der Waals surface area (Å²) in [6, 6.07) is 23.4. The van der Waals surface area contributed by atoms with Gasteiger partial charge >= 0.3 is 5.97 Å². The van der Waals surface area contributed by atoms with Crippen LogP contribution in [0, 0.1) is 0 Å². The number of carbonyl (C=O) groups excluding carboxylic acids is 2. The number of amides is 2. The zero-order valence-electron chi connectivity index (χ0n) is 33.2. The second kappa shape index (κ2) is 22.7. The number of hydrogen-bond acceptors (Lipinski definition) is 10. The van der Waals surface area contributed by atoms with E-state index in [9.17, 15) is 14.4 Å². The van der Waals surface area contributed by atoms with Gasteiger partial charge in [0, 0.05) is 42.7 Å². The molecule has 1 aliphatic heterocycles. The molecule has 3 N–H and O–H groups in total. The van der Waals surface area contributed by atoms with Crippen LogP contribution in [0.3, 0.4) is 0 Å². The minimum Gasteiger partial charge on any atom is -0.481 e. The third kappa shape index (κ3) is 12.9. The van der Waals surface area contributed by atoms with Gasteiger partial charge in [-0.2, -0.15) is 0 Å². The first-order valence-electron chi connectivity index (χ1n) is 20.5. The summed E-state index contributed by atoms with van der Waals surface area (Å²) in [5.74, 6) is -1.01. The van der Waals surface area contributed by atoms with Crippen LogP contribution < -0.4 is 15.5 Å². The minimum absolute atomic E-state index is 0.0169. The van der Waals surface area contributed by atoms with Gasteiger partial charge in [0.1, 0.15) is 5.69 Å². The minimum atomic E-state index is -0.883. The van der Waals surface area contributed by atoms with Crippen LogP contribution in [0.1, 0.15) is 88.5 Å². The molecule has 2 heterocycles. The molecule has 0 unspecified atom stereocenters. The number of ether oxygens (including phenoxy) is 4. The van der Waals surface area contributed by atoms with E-state index in [-0.39, 0.29) is 36.6 Å². The molecular formula is C45H55N5O8. The summed E-state index contributed by atoms with van der Waals surface area (Å²) in [7, 11) is 0. The van der Waals surface area contributed by atoms with Crippen molar-refractivity contribution in [2.45, 2.75) is 63.8 Å². The second-order valence-corrected chi connectivity index (χ2v) is 14.5. The second-order valence-electron chi connectivity index (χ2n) is 14.5. The van der Waals surface area contributed by atoms with Crippen LogP contribution in [0.4, 0.5) is 11.4 Å². The standard InChI is InChI=1S/C45H55N5O8/c51-42(52)19-24-56-26-28-58-30-29-57-27-25-55-23-8-10-33-9-6-13-35(31-33)44(53)48-40-17-16-36(50-21-4-1-5-22-50)32-38(40)43-46-20-18-41(47-43)45(54)49-39-15-7-12-34-11-2-3-14-37(34)39/h2-3,6,9,11,13-14,16-18,20,31-32,39H,1,4-5,7-8,10,12,15,19,21-30H2,(H,48,53)(H,49,54)(H,51,52)/t39-/m0/s1. The number of nitrogens with zero attached hydrogens (tertiary/aromatic N) is 3. The maximum atomic E-state index is 13.8. The lowest BCUT2D eigenvalue weighted by Gasteiger charge is -2.29. The number of hydrogen-bond donors (Lipinski definition) is 3. The van der Waals surface area contributed by atoms with Crippen molar-refractivity contribution < 1.29 is 38.4 Å². The van der Waals surface area contributed by atoms with E-state index >= 15 is 0 Å². The van der Waals surface area contributed by atoms with Crippen molar-refractivity contribution in [1.82, 2.24) is 15.3 Å². The van der Waals surface area contributed by atoms with Gasteiger partial charge in [-0.3, -0.25) is 14.4 Å². The quantitative estimate of drug-likeness (QED) is 0.0730. The van der Waals surface area contributed by atoms with E-state index in [0.29, 0.717) is 68.9 Å². The normalized spacial score (nSPS) is 15.1. The van der Waals surface area contributed by atoms with Gasteiger partial charge in [0.05, 0.1) is 64.4 Å². The molecule has 0 saturated carbocycles. The van der Waals surface area contributed by atoms with Gasteiger partial charge in [-0.25, -0.2) is 9.97 Å². The maximum Gasteiger partial charge on any atom is 0.305 e. The molecule has 0 bridgehead atoms. The average Bonchev–Trinajstić information content (AvgIpc) is 3.25. The number of aryl methyl sites for hydroxylation is 2. The van der Waals surface area contributed by atoms with Crippen LogP contribution in [-0.2, 0) is 36.6 Å². The number of carboxylic acids is 1. The maximum absolute atomic E-state index is 13.8. The Morgan fingerprint density at radius 2 is 1.50 bits per heavy atom. The van der Waals surface area contributed by atoms with E-state index in [4.69, 9.17) is 29.0 Å². The molecule has 58 heavy (non-hydrogen) atoms. The Hall–Kier alpha value is -5.21. The van der Waals surface area contributed by atoms with Gasteiger partial charge in [0.15, 0.2) is 5.82 Å². The van der Waals surface area contributed by atoms with E-state index in [1.54, 1.807) is 18.3 Å². The fourth-order valence-corrected chi connectivity index (χ4v) is 7.29. The highest BCUT2D eigenvalue weighted by molar-refractivity contribution is 6.06. The van der Waals surface area contributed by atoms with Crippen molar-refractivity contribution >= 4 is 29.2 Å². The third-order valence-corrected chi connectivity index (χ3v) is 10.3. The molecule has 13 nitrogen and oxygen atoms in total. The number of aliphatic carboxylic acids is 1. The summed E-state index contributed by atoms with van der Waals surface area (Å²) < 4.78 is 21.8. The number of fused-ring (bicyclic) bond motifs is 1. The largest absolute Gasteiger partial charge is 0.481 e. The number of nitrogens with one attached hydrogen (secondary N) is 2. The Bertz CT molecular complexity index is 1950. The van der Waals surface area contributed by atoms with Crippen LogP contribution in [0.2, 0.25) is 0 Å². The van der Waals surface area contributed by atoms with Gasteiger partial charge in [-0.15, -0.1) is 0 Å². The molecule has 2 amide bonds. The van der Waals surface area contributed by atoms with Crippen LogP contribution >= 0.6 is 0 Å². The molecule has 0 spiro atoms. The predicted molar refractivity (Wildman–Crippen MR) is 221 cm³/mol. The monoisotopic (exact) mass is 793 g/mol. The number of piperidine rings is 1. The Morgan fingerprint density at radius 1 is 0.759 bits per heavy atom. The number of benzene rings is 3. The van der Waals surface area contributed by atoms with Gasteiger partial charge in [0.2, 0.25) is 0 Å². The molecule has 308 valence electrons. The SMILES string of the molecule is O=C(O)CCOCCOCCOCCOCCCc1cccc(C(=O)Nc2ccc(N3CCCCC3)cc2-c2nccc(C(=O)N[C@H]3CCCc4ccccc43)n2)c1. The van der Waals surface area contributed by atoms with Gasteiger partial charge in [0.25, 0.3) is 11.8 Å². The Kier molecular flexibility index (Phi) is 16.6. The first kappa shape index (κ1) is 42.4. The van der Waals surface area contributed by atoms with Crippen molar-refractivity contribution in [2.24, 2.45) is 0 Å². The number of anilines is 2. The van der Waals surface area contributed by atoms with Crippen LogP contribution in [-0.4, -0.2) is 98.8 Å². The summed E-state index contributed by atoms with van der Waals surface area (Å²) in [4.78, 5) is 49.6. The average molecular weight is 794 g/mol. The molecule has 3 aromatic carbocycles. The van der Waals surface area contributed by atoms with Gasteiger partial charge in [-0.1, -0.05) is 36.4 Å². The molecule has 1 atom stereocenters. The highest BCUT2D eigenvalue weighted by Gasteiger charge is 2.24. The first-order valence-corrected chi connectivity index (χ1v) is 20.5. The van der Waals surface area contributed by atoms with Crippen molar-refractivity contribution in [3.8, 4) is 11.4 Å². The molecule has 1 aromatic heterocycles. The summed E-state index contributed by atoms with van der Waals surface area (Å²) in [5, 5.41) is 14.9. The molecular weight excluding hydrogens is 739 g/mol. The van der Waals surface area contributed by atoms with Crippen LogP contribution in [0.25, 0.3) is 11.4 Å². The summed E-state index contributed by atoms with van der Waals surface area (Å²) in [6.07, 6.45) is 9.46. The number of rotatable bonds is 22. The summed E-state index contributed by atoms with van der Waals surface area (Å²) >= 11 is 0. The van der Waals surface area contributed by atoms with Crippen LogP contribution in [0.15, 0.2) is 79.0 Å². The highest BCUT2D eigenvalue weighted by atomic mass is 16.6. The fraction of sp³-hybridized carbons (Fsp3) is 0.444. The van der Waals surface area contributed by atoms with Crippen molar-refractivity contribution in [2.75, 3.05) is 76.2 Å². The van der Waals surface area contributed by atoms with E-state index in [0.717, 1.165) is 74.8 Å². The number of aromatic nitrogens is 2. The lowest BCUT2D eigenvalue weighted by Crippen LogP contribution is -2.31. The first-order chi connectivity index (χ1) is 28.4. The molecule has 2 aliphatic rings. The molecule has 1 saturated heterocycles. The lowest BCUT2D eigenvalue weighted by molar-refractivity contribution is -0.138. The van der Waals surface area contributed by atoms with E-state index in [1.165, 1.54) is 12.0 Å². The predicted octanol–water partition coefficient (Wildman–Crippen LogP) is 6.67. The van der Waals surface area contributed by atoms with E-state index < -0.39 is 5.97 Å². The van der Waals surface area contributed by atoms with E-state index in [2.05, 4.69) is 32.7 Å². The van der Waals surface area contributed by atoms with Crippen LogP contribution in [0.5, 0.6) is 0 Å². The molecule has 1 fully saturated rings. The summed E-state index contributed by atoms with van der Waals surface area (Å²) in [6.45, 7) is 5.15. The third-order valence-electron chi connectivity index (χ3n) is 10.3. The molecule has 13 heteroatoms. The fourth-order valence-electron chi connectivity index (χ4n) is 7.29. The zero-order chi connectivity index (χ0) is 40.4. The molecule has 0 radical (unpaired) electrons. The summed E-state index contributed by atoms with van der Waals surface area (Å²) in [5.41, 5.74) is 6.52. The highest BCUT2D eigenvalue weighted by Crippen LogP contribution is 2.33. The molecule has 6 rings (SSSR count).